The lowest BCUT2D eigenvalue weighted by Gasteiger charge is -2.08. The van der Waals surface area contributed by atoms with Gasteiger partial charge in [0.05, 0.1) is 0 Å². The van der Waals surface area contributed by atoms with Crippen LogP contribution in [0.4, 0.5) is 5.69 Å². The van der Waals surface area contributed by atoms with Crippen molar-refractivity contribution in [1.82, 2.24) is 0 Å². The van der Waals surface area contributed by atoms with Gasteiger partial charge in [-0.1, -0.05) is 35.9 Å². The first-order valence-electron chi connectivity index (χ1n) is 7.46. The summed E-state index contributed by atoms with van der Waals surface area (Å²) in [5.74, 6) is 1.22. The predicted molar refractivity (Wildman–Crippen MR) is 93.6 cm³/mol. The predicted octanol–water partition coefficient (Wildman–Crippen LogP) is 5.07. The van der Waals surface area contributed by atoms with Crippen molar-refractivity contribution >= 4 is 23.2 Å². The van der Waals surface area contributed by atoms with Crippen LogP contribution in [-0.2, 0) is 6.61 Å². The zero-order valence-electron chi connectivity index (χ0n) is 13.1. The number of anilines is 1. The van der Waals surface area contributed by atoms with Crippen LogP contribution in [0.2, 0.25) is 5.02 Å². The van der Waals surface area contributed by atoms with Gasteiger partial charge in [-0.25, -0.2) is 0 Å². The number of rotatable bonds is 5. The highest BCUT2D eigenvalue weighted by Gasteiger charge is 2.13. The first-order chi connectivity index (χ1) is 11.6. The molecule has 3 rings (SSSR count). The van der Waals surface area contributed by atoms with E-state index >= 15 is 0 Å². The molecule has 0 saturated carbocycles. The second-order valence-corrected chi connectivity index (χ2v) is 5.64. The number of hydrogen-bond acceptors (Lipinski definition) is 3. The van der Waals surface area contributed by atoms with E-state index in [1.165, 1.54) is 0 Å². The maximum atomic E-state index is 12.3. The number of carbonyl (C=O) groups excluding carboxylic acids is 1. The molecule has 0 unspecified atom stereocenters. The molecule has 122 valence electrons. The van der Waals surface area contributed by atoms with E-state index in [2.05, 4.69) is 5.32 Å². The molecule has 0 aliphatic rings. The lowest BCUT2D eigenvalue weighted by Crippen LogP contribution is -2.12. The van der Waals surface area contributed by atoms with Crippen molar-refractivity contribution in [3.05, 3.63) is 82.8 Å². The molecule has 0 atom stereocenters. The van der Waals surface area contributed by atoms with Gasteiger partial charge in [-0.15, -0.1) is 0 Å². The van der Waals surface area contributed by atoms with Gasteiger partial charge in [-0.05, 0) is 48.9 Å². The van der Waals surface area contributed by atoms with E-state index < -0.39 is 0 Å². The van der Waals surface area contributed by atoms with Gasteiger partial charge in [0.2, 0.25) is 0 Å². The number of halogens is 1. The molecule has 0 fully saturated rings. The Labute approximate surface area is 145 Å². The van der Waals surface area contributed by atoms with Gasteiger partial charge in [0.25, 0.3) is 5.91 Å². The van der Waals surface area contributed by atoms with Crippen molar-refractivity contribution in [3.8, 4) is 5.75 Å². The zero-order valence-corrected chi connectivity index (χ0v) is 13.8. The van der Waals surface area contributed by atoms with E-state index in [1.807, 2.05) is 37.3 Å². The van der Waals surface area contributed by atoms with Crippen molar-refractivity contribution in [1.29, 1.82) is 0 Å². The summed E-state index contributed by atoms with van der Waals surface area (Å²) in [5, 5.41) is 3.40. The summed E-state index contributed by atoms with van der Waals surface area (Å²) in [6.07, 6.45) is 0. The standard InChI is InChI=1S/C19H16ClNO3/c1-13-16(20)8-5-9-17(13)21-19(22)18-11-10-15(24-18)12-23-14-6-3-2-4-7-14/h2-11H,12H2,1H3,(H,21,22). The van der Waals surface area contributed by atoms with Gasteiger partial charge in [-0.3, -0.25) is 4.79 Å². The Balaban J connectivity index is 1.64. The van der Waals surface area contributed by atoms with E-state index in [1.54, 1.807) is 30.3 Å². The lowest BCUT2D eigenvalue weighted by molar-refractivity contribution is 0.0992. The number of amides is 1. The molecule has 0 spiro atoms. The third-order valence-corrected chi connectivity index (χ3v) is 3.94. The highest BCUT2D eigenvalue weighted by Crippen LogP contribution is 2.23. The molecule has 1 N–H and O–H groups in total. The van der Waals surface area contributed by atoms with Crippen molar-refractivity contribution in [2.75, 3.05) is 5.32 Å². The minimum absolute atomic E-state index is 0.223. The van der Waals surface area contributed by atoms with Crippen molar-refractivity contribution in [2.24, 2.45) is 0 Å². The van der Waals surface area contributed by atoms with E-state index in [-0.39, 0.29) is 18.3 Å². The molecule has 0 bridgehead atoms. The largest absolute Gasteiger partial charge is 0.486 e. The quantitative estimate of drug-likeness (QED) is 0.704. The maximum absolute atomic E-state index is 12.3. The third-order valence-electron chi connectivity index (χ3n) is 3.53. The van der Waals surface area contributed by atoms with Crippen molar-refractivity contribution < 1.29 is 13.9 Å². The summed E-state index contributed by atoms with van der Waals surface area (Å²) in [7, 11) is 0. The van der Waals surface area contributed by atoms with Gasteiger partial charge in [0.15, 0.2) is 5.76 Å². The fourth-order valence-corrected chi connectivity index (χ4v) is 2.35. The molecule has 5 heteroatoms. The van der Waals surface area contributed by atoms with Gasteiger partial charge in [0.1, 0.15) is 18.1 Å². The van der Waals surface area contributed by atoms with Crippen LogP contribution in [-0.4, -0.2) is 5.91 Å². The first kappa shape index (κ1) is 16.1. The van der Waals surface area contributed by atoms with E-state index in [4.69, 9.17) is 20.8 Å². The monoisotopic (exact) mass is 341 g/mol. The number of furan rings is 1. The van der Waals surface area contributed by atoms with Crippen LogP contribution in [0, 0.1) is 6.92 Å². The minimum atomic E-state index is -0.327. The average Bonchev–Trinajstić information content (AvgIpc) is 3.07. The van der Waals surface area contributed by atoms with Crippen molar-refractivity contribution in [3.63, 3.8) is 0 Å². The summed E-state index contributed by atoms with van der Waals surface area (Å²) in [5.41, 5.74) is 1.47. The highest BCUT2D eigenvalue weighted by atomic mass is 35.5. The number of hydrogen-bond donors (Lipinski definition) is 1. The summed E-state index contributed by atoms with van der Waals surface area (Å²) in [6.45, 7) is 2.10. The molecule has 1 aromatic heterocycles. The van der Waals surface area contributed by atoms with Crippen LogP contribution in [0.1, 0.15) is 21.9 Å². The topological polar surface area (TPSA) is 51.5 Å². The number of nitrogens with one attached hydrogen (secondary N) is 1. The smallest absolute Gasteiger partial charge is 0.291 e. The Morgan fingerprint density at radius 3 is 2.67 bits per heavy atom. The molecule has 0 saturated heterocycles. The molecule has 0 aliphatic heterocycles. The Hall–Kier alpha value is -2.72. The molecule has 1 heterocycles. The fraction of sp³-hybridized carbons (Fsp3) is 0.105. The SMILES string of the molecule is Cc1c(Cl)cccc1NC(=O)c1ccc(COc2ccccc2)o1. The Kier molecular flexibility index (Phi) is 4.87. The van der Waals surface area contributed by atoms with Crippen molar-refractivity contribution in [2.45, 2.75) is 13.5 Å². The van der Waals surface area contributed by atoms with Gasteiger partial charge >= 0.3 is 0 Å². The second kappa shape index (κ2) is 7.23. The summed E-state index contributed by atoms with van der Waals surface area (Å²) in [6, 6.07) is 18.1. The third kappa shape index (κ3) is 3.78. The summed E-state index contributed by atoms with van der Waals surface area (Å²) < 4.78 is 11.1. The van der Waals surface area contributed by atoms with Crippen LogP contribution in [0.3, 0.4) is 0 Å². The minimum Gasteiger partial charge on any atom is -0.486 e. The molecule has 0 radical (unpaired) electrons. The lowest BCUT2D eigenvalue weighted by atomic mass is 10.2. The van der Waals surface area contributed by atoms with Gasteiger partial charge in [0, 0.05) is 10.7 Å². The van der Waals surface area contributed by atoms with E-state index in [0.29, 0.717) is 16.5 Å². The van der Waals surface area contributed by atoms with E-state index in [9.17, 15) is 4.79 Å². The molecule has 24 heavy (non-hydrogen) atoms. The Morgan fingerprint density at radius 1 is 1.08 bits per heavy atom. The van der Waals surface area contributed by atoms with Crippen LogP contribution >= 0.6 is 11.6 Å². The maximum Gasteiger partial charge on any atom is 0.291 e. The molecule has 4 nitrogen and oxygen atoms in total. The Bertz CT molecular complexity index is 843. The molecule has 0 aliphatic carbocycles. The summed E-state index contributed by atoms with van der Waals surface area (Å²) >= 11 is 6.06. The zero-order chi connectivity index (χ0) is 16.9. The second-order valence-electron chi connectivity index (χ2n) is 5.23. The van der Waals surface area contributed by atoms with Crippen LogP contribution in [0.5, 0.6) is 5.75 Å². The molecular weight excluding hydrogens is 326 g/mol. The van der Waals surface area contributed by atoms with Gasteiger partial charge < -0.3 is 14.5 Å². The molecule has 1 amide bonds. The number of benzene rings is 2. The normalized spacial score (nSPS) is 10.4. The Morgan fingerprint density at radius 2 is 1.88 bits per heavy atom. The van der Waals surface area contributed by atoms with E-state index in [0.717, 1.165) is 11.3 Å². The molecule has 2 aromatic carbocycles. The summed E-state index contributed by atoms with van der Waals surface area (Å²) in [4.78, 5) is 12.3. The van der Waals surface area contributed by atoms with Crippen LogP contribution in [0.15, 0.2) is 65.1 Å². The van der Waals surface area contributed by atoms with Crippen LogP contribution < -0.4 is 10.1 Å². The first-order valence-corrected chi connectivity index (χ1v) is 7.84. The molecular formula is C19H16ClNO3. The average molecular weight is 342 g/mol. The van der Waals surface area contributed by atoms with Gasteiger partial charge in [-0.2, -0.15) is 0 Å². The fourth-order valence-electron chi connectivity index (χ4n) is 2.18. The number of ether oxygens (including phenoxy) is 1. The molecule has 3 aromatic rings. The number of para-hydroxylation sites is 1. The van der Waals surface area contributed by atoms with Crippen LogP contribution in [0.25, 0.3) is 0 Å². The highest BCUT2D eigenvalue weighted by molar-refractivity contribution is 6.31. The number of carbonyl (C=O) groups is 1.